The molecule has 0 bridgehead atoms. The zero-order valence-electron chi connectivity index (χ0n) is 16.1. The molecule has 144 valence electrons. The predicted molar refractivity (Wildman–Crippen MR) is 115 cm³/mol. The zero-order chi connectivity index (χ0) is 18.2. The standard InChI is InChI=1S/C23H28N2O.ClH/c1-18(7-6-10-23(26-2)20-8-4-3-5-9-20)25-16-19-11-12-22-17-24-14-13-21(22)15-19;/h3-5,8-9,11-15,17-18,23,25H,6-7,10,16H2,1-2H3;1H/t18-,23-;/m1./s1. The third-order valence-electron chi connectivity index (χ3n) is 4.92. The first kappa shape index (κ1) is 21.4. The molecule has 3 nitrogen and oxygen atoms in total. The smallest absolute Gasteiger partial charge is 0.0821 e. The Morgan fingerprint density at radius 2 is 1.81 bits per heavy atom. The van der Waals surface area contributed by atoms with Gasteiger partial charge in [-0.25, -0.2) is 0 Å². The van der Waals surface area contributed by atoms with Gasteiger partial charge in [-0.05, 0) is 54.8 Å². The normalized spacial score (nSPS) is 13.1. The fourth-order valence-corrected chi connectivity index (χ4v) is 3.33. The van der Waals surface area contributed by atoms with E-state index in [1.54, 1.807) is 7.11 Å². The number of benzene rings is 2. The van der Waals surface area contributed by atoms with Crippen molar-refractivity contribution >= 4 is 23.2 Å². The molecular weight excluding hydrogens is 356 g/mol. The first-order valence-corrected chi connectivity index (χ1v) is 9.40. The average molecular weight is 385 g/mol. The largest absolute Gasteiger partial charge is 0.377 e. The molecule has 1 N–H and O–H groups in total. The van der Waals surface area contributed by atoms with Crippen LogP contribution in [-0.2, 0) is 11.3 Å². The number of pyridine rings is 1. The molecule has 27 heavy (non-hydrogen) atoms. The third-order valence-corrected chi connectivity index (χ3v) is 4.92. The minimum Gasteiger partial charge on any atom is -0.377 e. The highest BCUT2D eigenvalue weighted by molar-refractivity contribution is 5.85. The molecule has 0 amide bonds. The number of rotatable bonds is 9. The maximum absolute atomic E-state index is 5.66. The Labute approximate surface area is 168 Å². The molecule has 0 radical (unpaired) electrons. The first-order chi connectivity index (χ1) is 12.8. The van der Waals surface area contributed by atoms with E-state index < -0.39 is 0 Å². The van der Waals surface area contributed by atoms with Crippen LogP contribution in [0, 0.1) is 0 Å². The van der Waals surface area contributed by atoms with E-state index in [1.807, 2.05) is 18.5 Å². The Balaban J connectivity index is 0.00000261. The van der Waals surface area contributed by atoms with Crippen LogP contribution in [0.4, 0.5) is 0 Å². The zero-order valence-corrected chi connectivity index (χ0v) is 16.9. The highest BCUT2D eigenvalue weighted by atomic mass is 35.5. The number of nitrogens with one attached hydrogen (secondary N) is 1. The van der Waals surface area contributed by atoms with Gasteiger partial charge < -0.3 is 10.1 Å². The van der Waals surface area contributed by atoms with Crippen molar-refractivity contribution in [3.8, 4) is 0 Å². The lowest BCUT2D eigenvalue weighted by molar-refractivity contribution is 0.0926. The van der Waals surface area contributed by atoms with Crippen LogP contribution >= 0.6 is 12.4 Å². The Morgan fingerprint density at radius 1 is 1.00 bits per heavy atom. The molecule has 4 heteroatoms. The SMILES string of the molecule is CO[C@H](CCC[C@@H](C)NCc1ccc2cnccc2c1)c1ccccc1.Cl. The second kappa shape index (κ2) is 11.0. The fourth-order valence-electron chi connectivity index (χ4n) is 3.33. The molecule has 1 heterocycles. The Hall–Kier alpha value is -1.94. The van der Waals surface area contributed by atoms with Gasteiger partial charge in [0.15, 0.2) is 0 Å². The number of fused-ring (bicyclic) bond motifs is 1. The van der Waals surface area contributed by atoms with Crippen molar-refractivity contribution in [2.45, 2.75) is 44.9 Å². The van der Waals surface area contributed by atoms with Crippen molar-refractivity contribution in [3.63, 3.8) is 0 Å². The van der Waals surface area contributed by atoms with Crippen LogP contribution < -0.4 is 5.32 Å². The molecule has 0 saturated carbocycles. The number of aromatic nitrogens is 1. The first-order valence-electron chi connectivity index (χ1n) is 9.40. The van der Waals surface area contributed by atoms with Crippen LogP contribution in [0.3, 0.4) is 0 Å². The van der Waals surface area contributed by atoms with Crippen molar-refractivity contribution in [2.75, 3.05) is 7.11 Å². The second-order valence-corrected chi connectivity index (χ2v) is 6.91. The van der Waals surface area contributed by atoms with E-state index in [9.17, 15) is 0 Å². The molecule has 1 aromatic heterocycles. The molecule has 2 atom stereocenters. The van der Waals surface area contributed by atoms with Crippen LogP contribution in [0.15, 0.2) is 67.0 Å². The third kappa shape index (κ3) is 6.31. The lowest BCUT2D eigenvalue weighted by atomic mass is 10.0. The van der Waals surface area contributed by atoms with Gasteiger partial charge >= 0.3 is 0 Å². The minimum absolute atomic E-state index is 0. The highest BCUT2D eigenvalue weighted by Crippen LogP contribution is 2.23. The van der Waals surface area contributed by atoms with Crippen molar-refractivity contribution in [1.82, 2.24) is 10.3 Å². The van der Waals surface area contributed by atoms with E-state index >= 15 is 0 Å². The van der Waals surface area contributed by atoms with Gasteiger partial charge in [0, 0.05) is 37.5 Å². The maximum atomic E-state index is 5.66. The number of methoxy groups -OCH3 is 1. The molecule has 3 rings (SSSR count). The van der Waals surface area contributed by atoms with Gasteiger partial charge in [0.25, 0.3) is 0 Å². The monoisotopic (exact) mass is 384 g/mol. The number of nitrogens with zero attached hydrogens (tertiary/aromatic N) is 1. The molecule has 0 aliphatic carbocycles. The summed E-state index contributed by atoms with van der Waals surface area (Å²) in [6.07, 6.45) is 7.29. The van der Waals surface area contributed by atoms with Gasteiger partial charge in [-0.15, -0.1) is 12.4 Å². The Kier molecular flexibility index (Phi) is 8.73. The predicted octanol–water partition coefficient (Wildman–Crippen LogP) is 5.69. The number of hydrogen-bond acceptors (Lipinski definition) is 3. The number of halogens is 1. The molecule has 0 aliphatic rings. The fraction of sp³-hybridized carbons (Fsp3) is 0.348. The number of hydrogen-bond donors (Lipinski definition) is 1. The Bertz CT molecular complexity index is 810. The highest BCUT2D eigenvalue weighted by Gasteiger charge is 2.11. The summed E-state index contributed by atoms with van der Waals surface area (Å²) >= 11 is 0. The van der Waals surface area contributed by atoms with Crippen molar-refractivity contribution in [2.24, 2.45) is 0 Å². The minimum atomic E-state index is 0. The van der Waals surface area contributed by atoms with Crippen LogP contribution in [0.25, 0.3) is 10.8 Å². The molecule has 2 aromatic carbocycles. The molecule has 0 saturated heterocycles. The Morgan fingerprint density at radius 3 is 2.59 bits per heavy atom. The topological polar surface area (TPSA) is 34.1 Å². The molecule has 0 aliphatic heterocycles. The average Bonchev–Trinajstić information content (AvgIpc) is 2.70. The molecule has 0 spiro atoms. The van der Waals surface area contributed by atoms with Crippen molar-refractivity contribution < 1.29 is 4.74 Å². The van der Waals surface area contributed by atoms with Crippen LogP contribution in [-0.4, -0.2) is 18.1 Å². The summed E-state index contributed by atoms with van der Waals surface area (Å²) in [5, 5.41) is 6.08. The van der Waals surface area contributed by atoms with E-state index in [2.05, 4.69) is 65.8 Å². The van der Waals surface area contributed by atoms with E-state index in [-0.39, 0.29) is 18.5 Å². The van der Waals surface area contributed by atoms with Gasteiger partial charge in [-0.3, -0.25) is 4.98 Å². The summed E-state index contributed by atoms with van der Waals surface area (Å²) in [4.78, 5) is 4.17. The molecule has 0 fully saturated rings. The van der Waals surface area contributed by atoms with Crippen molar-refractivity contribution in [3.05, 3.63) is 78.1 Å². The summed E-state index contributed by atoms with van der Waals surface area (Å²) in [6.45, 7) is 3.15. The molecular formula is C23H29ClN2O. The van der Waals surface area contributed by atoms with Gasteiger partial charge in [0.05, 0.1) is 6.10 Å². The quantitative estimate of drug-likeness (QED) is 0.514. The summed E-state index contributed by atoms with van der Waals surface area (Å²) in [5.74, 6) is 0. The lowest BCUT2D eigenvalue weighted by Gasteiger charge is -2.18. The van der Waals surface area contributed by atoms with E-state index in [0.29, 0.717) is 6.04 Å². The molecule has 0 unspecified atom stereocenters. The van der Waals surface area contributed by atoms with Crippen molar-refractivity contribution in [1.29, 1.82) is 0 Å². The van der Waals surface area contributed by atoms with Gasteiger partial charge in [-0.1, -0.05) is 42.5 Å². The summed E-state index contributed by atoms with van der Waals surface area (Å²) in [7, 11) is 1.80. The van der Waals surface area contributed by atoms with Crippen LogP contribution in [0.2, 0.25) is 0 Å². The lowest BCUT2D eigenvalue weighted by Crippen LogP contribution is -2.25. The van der Waals surface area contributed by atoms with E-state index in [1.165, 1.54) is 21.9 Å². The maximum Gasteiger partial charge on any atom is 0.0821 e. The summed E-state index contributed by atoms with van der Waals surface area (Å²) < 4.78 is 5.66. The van der Waals surface area contributed by atoms with Gasteiger partial charge in [-0.2, -0.15) is 0 Å². The van der Waals surface area contributed by atoms with Crippen LogP contribution in [0.5, 0.6) is 0 Å². The second-order valence-electron chi connectivity index (χ2n) is 6.91. The van der Waals surface area contributed by atoms with E-state index in [4.69, 9.17) is 4.74 Å². The van der Waals surface area contributed by atoms with E-state index in [0.717, 1.165) is 25.8 Å². The summed E-state index contributed by atoms with van der Waals surface area (Å²) in [6, 6.07) is 19.6. The summed E-state index contributed by atoms with van der Waals surface area (Å²) in [5.41, 5.74) is 2.58. The molecule has 3 aromatic rings. The van der Waals surface area contributed by atoms with Gasteiger partial charge in [0.2, 0.25) is 0 Å². The van der Waals surface area contributed by atoms with Gasteiger partial charge in [0.1, 0.15) is 0 Å². The van der Waals surface area contributed by atoms with Crippen LogP contribution in [0.1, 0.15) is 43.4 Å². The number of ether oxygens (including phenoxy) is 1.